The monoisotopic (exact) mass is 172 g/mol. The van der Waals surface area contributed by atoms with Crippen LogP contribution in [0.1, 0.15) is 11.1 Å². The molecule has 0 saturated heterocycles. The third-order valence-electron chi connectivity index (χ3n) is 2.35. The lowest BCUT2D eigenvalue weighted by Gasteiger charge is -2.01. The van der Waals surface area contributed by atoms with Crippen LogP contribution >= 0.6 is 0 Å². The van der Waals surface area contributed by atoms with Crippen molar-refractivity contribution in [1.82, 2.24) is 0 Å². The molecule has 3 rings (SSSR count). The number of hydrogen-bond acceptors (Lipinski definition) is 2. The average molecular weight is 172 g/mol. The second kappa shape index (κ2) is 2.16. The standard InChI is InChI=1S/C11H8O2/c1-7-2-3-8-4-10-11(5-9(7)8)13-6-12-10/h2-5H,1,6H2. The lowest BCUT2D eigenvalue weighted by atomic mass is 10.1. The van der Waals surface area contributed by atoms with E-state index in [1.54, 1.807) is 0 Å². The first kappa shape index (κ1) is 6.78. The lowest BCUT2D eigenvalue weighted by Crippen LogP contribution is -1.92. The molecule has 0 atom stereocenters. The van der Waals surface area contributed by atoms with Gasteiger partial charge in [0.05, 0.1) is 0 Å². The molecule has 0 spiro atoms. The smallest absolute Gasteiger partial charge is 0.231 e. The Kier molecular flexibility index (Phi) is 1.13. The molecular formula is C11H8O2. The van der Waals surface area contributed by atoms with Gasteiger partial charge in [0.1, 0.15) is 0 Å². The third-order valence-corrected chi connectivity index (χ3v) is 2.35. The summed E-state index contributed by atoms with van der Waals surface area (Å²) >= 11 is 0. The molecule has 0 unspecified atom stereocenters. The first-order chi connectivity index (χ1) is 6.34. The zero-order chi connectivity index (χ0) is 8.84. The number of benzene rings is 1. The van der Waals surface area contributed by atoms with Gasteiger partial charge in [-0.3, -0.25) is 0 Å². The maximum absolute atomic E-state index is 5.28. The van der Waals surface area contributed by atoms with Gasteiger partial charge in [0.25, 0.3) is 0 Å². The summed E-state index contributed by atoms with van der Waals surface area (Å²) in [5.41, 5.74) is 3.34. The van der Waals surface area contributed by atoms with Crippen LogP contribution in [0.4, 0.5) is 0 Å². The summed E-state index contributed by atoms with van der Waals surface area (Å²) in [5, 5.41) is 0. The zero-order valence-corrected chi connectivity index (χ0v) is 7.04. The summed E-state index contributed by atoms with van der Waals surface area (Å²) in [6.07, 6.45) is 4.04. The van der Waals surface area contributed by atoms with Crippen LogP contribution in [0.3, 0.4) is 0 Å². The van der Waals surface area contributed by atoms with Crippen molar-refractivity contribution in [3.8, 4) is 11.5 Å². The van der Waals surface area contributed by atoms with Gasteiger partial charge in [0.2, 0.25) is 6.79 Å². The minimum atomic E-state index is 0.328. The molecule has 1 aliphatic carbocycles. The Bertz CT molecular complexity index is 430. The molecule has 1 aromatic rings. The van der Waals surface area contributed by atoms with E-state index in [1.165, 1.54) is 0 Å². The predicted octanol–water partition coefficient (Wildman–Crippen LogP) is 2.46. The van der Waals surface area contributed by atoms with Gasteiger partial charge in [0.15, 0.2) is 11.5 Å². The van der Waals surface area contributed by atoms with Crippen LogP contribution in [0, 0.1) is 0 Å². The first-order valence-corrected chi connectivity index (χ1v) is 4.15. The van der Waals surface area contributed by atoms with Gasteiger partial charge in [0, 0.05) is 0 Å². The van der Waals surface area contributed by atoms with Crippen LogP contribution in [-0.2, 0) is 0 Å². The van der Waals surface area contributed by atoms with E-state index in [4.69, 9.17) is 9.47 Å². The third kappa shape index (κ3) is 0.827. The summed E-state index contributed by atoms with van der Waals surface area (Å²) < 4.78 is 10.6. The van der Waals surface area contributed by atoms with E-state index in [9.17, 15) is 0 Å². The van der Waals surface area contributed by atoms with Crippen molar-refractivity contribution in [2.45, 2.75) is 0 Å². The van der Waals surface area contributed by atoms with Crippen LogP contribution in [0.2, 0.25) is 0 Å². The normalized spacial score (nSPS) is 16.5. The summed E-state index contributed by atoms with van der Waals surface area (Å²) in [5.74, 6) is 1.65. The Morgan fingerprint density at radius 2 is 1.85 bits per heavy atom. The van der Waals surface area contributed by atoms with Gasteiger partial charge in [-0.25, -0.2) is 0 Å². The van der Waals surface area contributed by atoms with E-state index >= 15 is 0 Å². The van der Waals surface area contributed by atoms with Crippen LogP contribution in [0.15, 0.2) is 24.8 Å². The summed E-state index contributed by atoms with van der Waals surface area (Å²) in [7, 11) is 0. The van der Waals surface area contributed by atoms with E-state index in [2.05, 4.69) is 6.58 Å². The van der Waals surface area contributed by atoms with Gasteiger partial charge >= 0.3 is 0 Å². The van der Waals surface area contributed by atoms with Crippen molar-refractivity contribution in [2.75, 3.05) is 6.79 Å². The SMILES string of the molecule is C=C1C=Cc2cc3c(cc21)OCO3. The van der Waals surface area contributed by atoms with Gasteiger partial charge in [-0.15, -0.1) is 0 Å². The van der Waals surface area contributed by atoms with Crippen molar-refractivity contribution < 1.29 is 9.47 Å². The lowest BCUT2D eigenvalue weighted by molar-refractivity contribution is 0.174. The van der Waals surface area contributed by atoms with Crippen molar-refractivity contribution in [3.05, 3.63) is 35.9 Å². The molecule has 1 aromatic carbocycles. The van der Waals surface area contributed by atoms with Crippen molar-refractivity contribution in [3.63, 3.8) is 0 Å². The first-order valence-electron chi connectivity index (χ1n) is 4.15. The number of hydrogen-bond donors (Lipinski definition) is 0. The molecule has 0 N–H and O–H groups in total. The fourth-order valence-corrected chi connectivity index (χ4v) is 1.65. The highest BCUT2D eigenvalue weighted by Gasteiger charge is 2.18. The molecule has 1 heterocycles. The molecular weight excluding hydrogens is 164 g/mol. The molecule has 2 nitrogen and oxygen atoms in total. The Labute approximate surface area is 76.1 Å². The summed E-state index contributed by atoms with van der Waals surface area (Å²) in [4.78, 5) is 0. The molecule has 0 aromatic heterocycles. The van der Waals surface area contributed by atoms with Crippen LogP contribution in [0.25, 0.3) is 11.6 Å². The molecule has 64 valence electrons. The molecule has 0 fully saturated rings. The highest BCUT2D eigenvalue weighted by molar-refractivity contribution is 5.90. The Morgan fingerprint density at radius 3 is 2.69 bits per heavy atom. The molecule has 0 amide bonds. The highest BCUT2D eigenvalue weighted by Crippen LogP contribution is 2.39. The van der Waals surface area contributed by atoms with Crippen LogP contribution < -0.4 is 9.47 Å². The number of fused-ring (bicyclic) bond motifs is 2. The van der Waals surface area contributed by atoms with Crippen LogP contribution in [0.5, 0.6) is 11.5 Å². The fourth-order valence-electron chi connectivity index (χ4n) is 1.65. The molecule has 0 bridgehead atoms. The molecule has 0 saturated carbocycles. The summed E-state index contributed by atoms with van der Waals surface area (Å²) in [6.45, 7) is 4.27. The average Bonchev–Trinajstić information content (AvgIpc) is 2.70. The van der Waals surface area contributed by atoms with Gasteiger partial charge in [-0.05, 0) is 28.8 Å². The van der Waals surface area contributed by atoms with E-state index < -0.39 is 0 Å². The number of allylic oxidation sites excluding steroid dienone is 2. The fraction of sp³-hybridized carbons (Fsp3) is 0.0909. The van der Waals surface area contributed by atoms with E-state index in [0.29, 0.717) is 6.79 Å². The zero-order valence-electron chi connectivity index (χ0n) is 7.04. The minimum Gasteiger partial charge on any atom is -0.454 e. The molecule has 0 radical (unpaired) electrons. The highest BCUT2D eigenvalue weighted by atomic mass is 16.7. The second-order valence-electron chi connectivity index (χ2n) is 3.15. The molecule has 2 heteroatoms. The van der Waals surface area contributed by atoms with Crippen molar-refractivity contribution in [2.24, 2.45) is 0 Å². The van der Waals surface area contributed by atoms with Crippen LogP contribution in [-0.4, -0.2) is 6.79 Å². The van der Waals surface area contributed by atoms with Gasteiger partial charge < -0.3 is 9.47 Å². The molecule has 2 aliphatic rings. The summed E-state index contributed by atoms with van der Waals surface area (Å²) in [6, 6.07) is 3.98. The minimum absolute atomic E-state index is 0.328. The number of ether oxygens (including phenoxy) is 2. The van der Waals surface area contributed by atoms with E-state index in [0.717, 1.165) is 28.2 Å². The largest absolute Gasteiger partial charge is 0.454 e. The van der Waals surface area contributed by atoms with Crippen molar-refractivity contribution in [1.29, 1.82) is 0 Å². The Balaban J connectivity index is 2.26. The van der Waals surface area contributed by atoms with E-state index in [-0.39, 0.29) is 0 Å². The topological polar surface area (TPSA) is 18.5 Å². The maximum atomic E-state index is 5.28. The second-order valence-corrected chi connectivity index (χ2v) is 3.15. The maximum Gasteiger partial charge on any atom is 0.231 e. The Hall–Kier alpha value is -1.70. The number of rotatable bonds is 0. The van der Waals surface area contributed by atoms with Gasteiger partial charge in [-0.1, -0.05) is 18.7 Å². The quantitative estimate of drug-likeness (QED) is 0.598. The Morgan fingerprint density at radius 1 is 1.08 bits per heavy atom. The van der Waals surface area contributed by atoms with Gasteiger partial charge in [-0.2, -0.15) is 0 Å². The van der Waals surface area contributed by atoms with Crippen molar-refractivity contribution >= 4 is 11.6 Å². The predicted molar refractivity (Wildman–Crippen MR) is 50.6 cm³/mol. The molecule has 13 heavy (non-hydrogen) atoms. The molecule has 1 aliphatic heterocycles. The van der Waals surface area contributed by atoms with E-state index in [1.807, 2.05) is 24.3 Å².